The summed E-state index contributed by atoms with van der Waals surface area (Å²) < 4.78 is 44.3. The minimum absolute atomic E-state index is 0.0188. The van der Waals surface area contributed by atoms with Gasteiger partial charge in [-0.1, -0.05) is 28.4 Å². The summed E-state index contributed by atoms with van der Waals surface area (Å²) in [5.41, 5.74) is 0.556. The zero-order chi connectivity index (χ0) is 21.0. The van der Waals surface area contributed by atoms with E-state index in [4.69, 9.17) is 37.2 Å². The molecule has 3 rings (SSSR count). The summed E-state index contributed by atoms with van der Waals surface area (Å²) in [5, 5.41) is 4.30. The van der Waals surface area contributed by atoms with Crippen molar-refractivity contribution in [1.29, 1.82) is 0 Å². The van der Waals surface area contributed by atoms with Crippen LogP contribution in [-0.4, -0.2) is 29.8 Å². The maximum absolute atomic E-state index is 12.4. The van der Waals surface area contributed by atoms with Gasteiger partial charge in [0.05, 0.1) is 17.7 Å². The van der Waals surface area contributed by atoms with E-state index in [2.05, 4.69) is 14.9 Å². The zero-order valence-corrected chi connectivity index (χ0v) is 16.2. The molecule has 0 unspecified atom stereocenters. The molecule has 0 saturated heterocycles. The highest BCUT2D eigenvalue weighted by molar-refractivity contribution is 6.36. The second-order valence-electron chi connectivity index (χ2n) is 5.46. The number of halogens is 4. The van der Waals surface area contributed by atoms with E-state index >= 15 is 0 Å². The number of ether oxygens (including phenoxy) is 3. The lowest BCUT2D eigenvalue weighted by molar-refractivity contribution is -0.0512. The molecular weight excluding hydrogens is 433 g/mol. The third kappa shape index (κ3) is 5.12. The summed E-state index contributed by atoms with van der Waals surface area (Å²) in [4.78, 5) is 16.2. The molecule has 0 aliphatic carbocycles. The van der Waals surface area contributed by atoms with Gasteiger partial charge in [-0.15, -0.1) is 0 Å². The maximum Gasteiger partial charge on any atom is 0.387 e. The van der Waals surface area contributed by atoms with E-state index in [0.29, 0.717) is 10.6 Å². The summed E-state index contributed by atoms with van der Waals surface area (Å²) in [6, 6.07) is 8.50. The van der Waals surface area contributed by atoms with E-state index in [1.807, 2.05) is 0 Å². The van der Waals surface area contributed by atoms with Crippen molar-refractivity contribution in [3.63, 3.8) is 0 Å². The Hall–Kier alpha value is -2.91. The van der Waals surface area contributed by atoms with Crippen LogP contribution in [0.3, 0.4) is 0 Å². The van der Waals surface area contributed by atoms with Crippen LogP contribution in [0.15, 0.2) is 40.9 Å². The first kappa shape index (κ1) is 20.8. The number of esters is 1. The van der Waals surface area contributed by atoms with Gasteiger partial charge in [0.25, 0.3) is 5.89 Å². The second kappa shape index (κ2) is 9.06. The molecule has 1 aromatic heterocycles. The van der Waals surface area contributed by atoms with Gasteiger partial charge in [-0.05, 0) is 36.4 Å². The number of hydrogen-bond donors (Lipinski definition) is 0. The van der Waals surface area contributed by atoms with Crippen molar-refractivity contribution >= 4 is 29.2 Å². The van der Waals surface area contributed by atoms with Gasteiger partial charge in [-0.3, -0.25) is 0 Å². The molecule has 0 aliphatic heterocycles. The third-order valence-corrected chi connectivity index (χ3v) is 4.13. The summed E-state index contributed by atoms with van der Waals surface area (Å²) >= 11 is 11.7. The number of benzene rings is 2. The Balaban J connectivity index is 1.70. The fourth-order valence-corrected chi connectivity index (χ4v) is 2.78. The number of methoxy groups -OCH3 is 1. The maximum atomic E-state index is 12.4. The Morgan fingerprint density at radius 1 is 1.17 bits per heavy atom. The largest absolute Gasteiger partial charge is 0.493 e. The standard InChI is InChI=1S/C18H12Cl2F2N2O5/c1-26-14-6-9(2-5-13(14)28-18(21)22)16-23-15(29-24-16)8-27-17(25)11-4-3-10(19)7-12(11)20/h2-7,18H,8H2,1H3. The number of rotatable bonds is 7. The van der Waals surface area contributed by atoms with Crippen molar-refractivity contribution in [2.75, 3.05) is 7.11 Å². The number of carbonyl (C=O) groups is 1. The van der Waals surface area contributed by atoms with Crippen LogP contribution in [-0.2, 0) is 11.3 Å². The van der Waals surface area contributed by atoms with E-state index in [1.165, 1.54) is 43.5 Å². The smallest absolute Gasteiger partial charge is 0.387 e. The Morgan fingerprint density at radius 3 is 2.66 bits per heavy atom. The summed E-state index contributed by atoms with van der Waals surface area (Å²) in [7, 11) is 1.31. The molecule has 11 heteroatoms. The number of nitrogens with zero attached hydrogens (tertiary/aromatic N) is 2. The molecule has 0 saturated carbocycles. The van der Waals surface area contributed by atoms with Crippen LogP contribution in [0.1, 0.15) is 16.2 Å². The first-order chi connectivity index (χ1) is 13.9. The SMILES string of the molecule is COc1cc(-c2noc(COC(=O)c3ccc(Cl)cc3Cl)n2)ccc1OC(F)F. The molecule has 1 heterocycles. The Kier molecular flexibility index (Phi) is 6.50. The molecule has 0 bridgehead atoms. The van der Waals surface area contributed by atoms with Crippen LogP contribution in [0.4, 0.5) is 8.78 Å². The van der Waals surface area contributed by atoms with E-state index in [9.17, 15) is 13.6 Å². The zero-order valence-electron chi connectivity index (χ0n) is 14.7. The molecule has 3 aromatic rings. The lowest BCUT2D eigenvalue weighted by Gasteiger charge is -2.10. The molecule has 2 aromatic carbocycles. The summed E-state index contributed by atoms with van der Waals surface area (Å²) in [6.07, 6.45) is 0. The average molecular weight is 445 g/mol. The quantitative estimate of drug-likeness (QED) is 0.473. The van der Waals surface area contributed by atoms with E-state index in [0.717, 1.165) is 0 Å². The van der Waals surface area contributed by atoms with Gasteiger partial charge in [0, 0.05) is 10.6 Å². The Labute approximate surface area is 173 Å². The van der Waals surface area contributed by atoms with Crippen LogP contribution < -0.4 is 9.47 Å². The van der Waals surface area contributed by atoms with E-state index in [-0.39, 0.29) is 40.4 Å². The van der Waals surface area contributed by atoms with Crippen LogP contribution in [0.5, 0.6) is 11.5 Å². The highest BCUT2D eigenvalue weighted by Gasteiger charge is 2.17. The van der Waals surface area contributed by atoms with Gasteiger partial charge >= 0.3 is 12.6 Å². The van der Waals surface area contributed by atoms with Gasteiger partial charge in [0.2, 0.25) is 5.82 Å². The molecular formula is C18H12Cl2F2N2O5. The molecule has 152 valence electrons. The molecule has 0 N–H and O–H groups in total. The first-order valence-corrected chi connectivity index (χ1v) is 8.71. The van der Waals surface area contributed by atoms with Gasteiger partial charge in [0.15, 0.2) is 18.1 Å². The lowest BCUT2D eigenvalue weighted by atomic mass is 10.2. The van der Waals surface area contributed by atoms with Gasteiger partial charge < -0.3 is 18.7 Å². The van der Waals surface area contributed by atoms with Crippen LogP contribution in [0.2, 0.25) is 10.0 Å². The normalized spacial score (nSPS) is 10.8. The van der Waals surface area contributed by atoms with Crippen molar-refractivity contribution in [3.8, 4) is 22.9 Å². The van der Waals surface area contributed by atoms with E-state index in [1.54, 1.807) is 0 Å². The Bertz CT molecular complexity index is 1030. The van der Waals surface area contributed by atoms with Gasteiger partial charge in [-0.25, -0.2) is 4.79 Å². The van der Waals surface area contributed by atoms with E-state index < -0.39 is 12.6 Å². The molecule has 0 amide bonds. The second-order valence-corrected chi connectivity index (χ2v) is 6.30. The summed E-state index contributed by atoms with van der Waals surface area (Å²) in [5.74, 6) is -0.601. The van der Waals surface area contributed by atoms with Crippen molar-refractivity contribution in [2.24, 2.45) is 0 Å². The number of carbonyl (C=O) groups excluding carboxylic acids is 1. The minimum Gasteiger partial charge on any atom is -0.493 e. The van der Waals surface area contributed by atoms with Crippen molar-refractivity contribution in [3.05, 3.63) is 57.9 Å². The van der Waals surface area contributed by atoms with Crippen LogP contribution >= 0.6 is 23.2 Å². The summed E-state index contributed by atoms with van der Waals surface area (Å²) in [6.45, 7) is -3.29. The third-order valence-electron chi connectivity index (χ3n) is 3.58. The van der Waals surface area contributed by atoms with Gasteiger partial charge in [0.1, 0.15) is 0 Å². The predicted octanol–water partition coefficient (Wildman–Crippen LogP) is 5.01. The Morgan fingerprint density at radius 2 is 1.97 bits per heavy atom. The lowest BCUT2D eigenvalue weighted by Crippen LogP contribution is -2.06. The molecule has 0 atom stereocenters. The topological polar surface area (TPSA) is 83.7 Å². The number of aromatic nitrogens is 2. The fourth-order valence-electron chi connectivity index (χ4n) is 2.29. The highest BCUT2D eigenvalue weighted by atomic mass is 35.5. The molecule has 0 spiro atoms. The van der Waals surface area contributed by atoms with Gasteiger partial charge in [-0.2, -0.15) is 13.8 Å². The fraction of sp³-hybridized carbons (Fsp3) is 0.167. The molecule has 7 nitrogen and oxygen atoms in total. The number of hydrogen-bond acceptors (Lipinski definition) is 7. The minimum atomic E-state index is -2.99. The monoisotopic (exact) mass is 444 g/mol. The molecule has 0 fully saturated rings. The molecule has 0 radical (unpaired) electrons. The highest BCUT2D eigenvalue weighted by Crippen LogP contribution is 2.32. The first-order valence-electron chi connectivity index (χ1n) is 7.95. The molecule has 29 heavy (non-hydrogen) atoms. The van der Waals surface area contributed by atoms with Crippen LogP contribution in [0, 0.1) is 0 Å². The van der Waals surface area contributed by atoms with Crippen molar-refractivity contribution in [1.82, 2.24) is 10.1 Å². The predicted molar refractivity (Wildman–Crippen MR) is 98.5 cm³/mol. The number of alkyl halides is 2. The molecule has 0 aliphatic rings. The average Bonchev–Trinajstić information content (AvgIpc) is 3.15. The van der Waals surface area contributed by atoms with Crippen molar-refractivity contribution < 1.29 is 32.3 Å². The van der Waals surface area contributed by atoms with Crippen LogP contribution in [0.25, 0.3) is 11.4 Å². The van der Waals surface area contributed by atoms with Crippen molar-refractivity contribution in [2.45, 2.75) is 13.2 Å².